The highest BCUT2D eigenvalue weighted by molar-refractivity contribution is 5.79. The lowest BCUT2D eigenvalue weighted by Gasteiger charge is -2.19. The quantitative estimate of drug-likeness (QED) is 0.346. The molecule has 1 atom stereocenters. The molecule has 1 fully saturated rings. The van der Waals surface area contributed by atoms with Gasteiger partial charge in [0, 0.05) is 38.2 Å². The Hall–Kier alpha value is -1.79. The van der Waals surface area contributed by atoms with Crippen LogP contribution in [-0.2, 0) is 11.3 Å². The average Bonchev–Trinajstić information content (AvgIpc) is 3.23. The van der Waals surface area contributed by atoms with E-state index in [1.165, 1.54) is 5.56 Å². The second-order valence-corrected chi connectivity index (χ2v) is 7.38. The van der Waals surface area contributed by atoms with Gasteiger partial charge in [-0.15, -0.1) is 0 Å². The van der Waals surface area contributed by atoms with Gasteiger partial charge in [-0.2, -0.15) is 0 Å². The van der Waals surface area contributed by atoms with Gasteiger partial charge in [0.05, 0.1) is 13.2 Å². The molecule has 0 aliphatic carbocycles. The first-order valence-electron chi connectivity index (χ1n) is 10.6. The maximum atomic E-state index is 6.13. The van der Waals surface area contributed by atoms with Crippen molar-refractivity contribution in [1.82, 2.24) is 15.5 Å². The summed E-state index contributed by atoms with van der Waals surface area (Å²) < 4.78 is 11.6. The number of ether oxygens (including phenoxy) is 2. The molecule has 1 heterocycles. The van der Waals surface area contributed by atoms with Crippen LogP contribution in [-0.4, -0.2) is 63.9 Å². The Bertz CT molecular complexity index is 596. The van der Waals surface area contributed by atoms with Crippen LogP contribution < -0.4 is 15.4 Å². The number of rotatable bonds is 11. The first-order chi connectivity index (χ1) is 13.7. The molecule has 28 heavy (non-hydrogen) atoms. The smallest absolute Gasteiger partial charge is 0.191 e. The first-order valence-corrected chi connectivity index (χ1v) is 10.6. The molecule has 0 amide bonds. The molecule has 0 aromatic heterocycles. The SMILES string of the molecule is CCN(CC)CCCNC(=NC)NCc1ccc(C)cc1OCC1CCOC1. The van der Waals surface area contributed by atoms with Crippen LogP contribution >= 0.6 is 0 Å². The van der Waals surface area contributed by atoms with E-state index >= 15 is 0 Å². The summed E-state index contributed by atoms with van der Waals surface area (Å²) in [6, 6.07) is 6.38. The summed E-state index contributed by atoms with van der Waals surface area (Å²) in [5, 5.41) is 6.82. The molecule has 0 saturated carbocycles. The van der Waals surface area contributed by atoms with Crippen molar-refractivity contribution in [3.8, 4) is 5.75 Å². The topological polar surface area (TPSA) is 58.1 Å². The summed E-state index contributed by atoms with van der Waals surface area (Å²) >= 11 is 0. The predicted molar refractivity (Wildman–Crippen MR) is 116 cm³/mol. The maximum absolute atomic E-state index is 6.13. The zero-order chi connectivity index (χ0) is 20.2. The van der Waals surface area contributed by atoms with Crippen LogP contribution in [0.2, 0.25) is 0 Å². The number of nitrogens with zero attached hydrogens (tertiary/aromatic N) is 2. The van der Waals surface area contributed by atoms with Crippen molar-refractivity contribution in [2.45, 2.75) is 40.2 Å². The molecule has 158 valence electrons. The Balaban J connectivity index is 1.80. The standard InChI is InChI=1S/C22H38N4O2/c1-5-26(6-2)12-7-11-24-22(23-4)25-15-20-9-8-18(3)14-21(20)28-17-19-10-13-27-16-19/h8-9,14,19H,5-7,10-13,15-17H2,1-4H3,(H2,23,24,25). The Kier molecular flexibility index (Phi) is 10.1. The lowest BCUT2D eigenvalue weighted by Crippen LogP contribution is -2.38. The number of nitrogens with one attached hydrogen (secondary N) is 2. The maximum Gasteiger partial charge on any atom is 0.191 e. The van der Waals surface area contributed by atoms with E-state index in [1.807, 2.05) is 7.05 Å². The van der Waals surface area contributed by atoms with E-state index in [0.29, 0.717) is 12.5 Å². The van der Waals surface area contributed by atoms with Gasteiger partial charge in [-0.1, -0.05) is 26.0 Å². The molecular weight excluding hydrogens is 352 g/mol. The largest absolute Gasteiger partial charge is 0.493 e. The molecule has 1 aromatic rings. The minimum atomic E-state index is 0.501. The van der Waals surface area contributed by atoms with E-state index in [4.69, 9.17) is 9.47 Å². The van der Waals surface area contributed by atoms with Crippen molar-refractivity contribution in [3.05, 3.63) is 29.3 Å². The molecule has 0 bridgehead atoms. The van der Waals surface area contributed by atoms with E-state index in [2.05, 4.69) is 59.5 Å². The summed E-state index contributed by atoms with van der Waals surface area (Å²) in [7, 11) is 1.81. The predicted octanol–water partition coefficient (Wildman–Crippen LogP) is 2.81. The normalized spacial score (nSPS) is 17.2. The summed E-state index contributed by atoms with van der Waals surface area (Å²) in [5.41, 5.74) is 2.36. The average molecular weight is 391 g/mol. The van der Waals surface area contributed by atoms with E-state index in [1.54, 1.807) is 0 Å². The fourth-order valence-electron chi connectivity index (χ4n) is 3.31. The van der Waals surface area contributed by atoms with Crippen molar-refractivity contribution >= 4 is 5.96 Å². The van der Waals surface area contributed by atoms with Crippen LogP contribution in [0.3, 0.4) is 0 Å². The highest BCUT2D eigenvalue weighted by Crippen LogP contribution is 2.22. The summed E-state index contributed by atoms with van der Waals surface area (Å²) in [6.45, 7) is 13.8. The fourth-order valence-corrected chi connectivity index (χ4v) is 3.31. The molecular formula is C22H38N4O2. The molecule has 0 radical (unpaired) electrons. The van der Waals surface area contributed by atoms with Crippen LogP contribution in [0.25, 0.3) is 0 Å². The Morgan fingerprint density at radius 1 is 1.29 bits per heavy atom. The molecule has 2 rings (SSSR count). The Morgan fingerprint density at radius 2 is 2.11 bits per heavy atom. The zero-order valence-electron chi connectivity index (χ0n) is 18.1. The number of hydrogen-bond donors (Lipinski definition) is 2. The van der Waals surface area contributed by atoms with Gasteiger partial charge in [0.15, 0.2) is 5.96 Å². The summed E-state index contributed by atoms with van der Waals surface area (Å²) in [5.74, 6) is 2.29. The Morgan fingerprint density at radius 3 is 2.79 bits per heavy atom. The monoisotopic (exact) mass is 390 g/mol. The lowest BCUT2D eigenvalue weighted by molar-refractivity contribution is 0.166. The third-order valence-corrected chi connectivity index (χ3v) is 5.23. The Labute approximate surface area is 170 Å². The van der Waals surface area contributed by atoms with Gasteiger partial charge < -0.3 is 25.0 Å². The van der Waals surface area contributed by atoms with Gasteiger partial charge in [-0.05, 0) is 51.0 Å². The molecule has 1 aliphatic rings. The molecule has 6 heteroatoms. The molecule has 0 spiro atoms. The van der Waals surface area contributed by atoms with Crippen molar-refractivity contribution in [1.29, 1.82) is 0 Å². The summed E-state index contributed by atoms with van der Waals surface area (Å²) in [6.07, 6.45) is 2.19. The van der Waals surface area contributed by atoms with Crippen LogP contribution in [0.4, 0.5) is 0 Å². The number of benzene rings is 1. The van der Waals surface area contributed by atoms with Gasteiger partial charge in [0.2, 0.25) is 0 Å². The number of aliphatic imine (C=N–C) groups is 1. The minimum absolute atomic E-state index is 0.501. The third kappa shape index (κ3) is 7.68. The van der Waals surface area contributed by atoms with Gasteiger partial charge >= 0.3 is 0 Å². The van der Waals surface area contributed by atoms with Crippen molar-refractivity contribution in [2.24, 2.45) is 10.9 Å². The van der Waals surface area contributed by atoms with Gasteiger partial charge in [-0.3, -0.25) is 4.99 Å². The van der Waals surface area contributed by atoms with Crippen LogP contribution in [0.15, 0.2) is 23.2 Å². The van der Waals surface area contributed by atoms with Gasteiger partial charge in [-0.25, -0.2) is 0 Å². The highest BCUT2D eigenvalue weighted by Gasteiger charge is 2.17. The molecule has 1 unspecified atom stereocenters. The van der Waals surface area contributed by atoms with Crippen molar-refractivity contribution < 1.29 is 9.47 Å². The third-order valence-electron chi connectivity index (χ3n) is 5.23. The highest BCUT2D eigenvalue weighted by atomic mass is 16.5. The van der Waals surface area contributed by atoms with Gasteiger partial charge in [0.1, 0.15) is 5.75 Å². The molecule has 1 saturated heterocycles. The zero-order valence-corrected chi connectivity index (χ0v) is 18.1. The second-order valence-electron chi connectivity index (χ2n) is 7.38. The second kappa shape index (κ2) is 12.6. The molecule has 1 aliphatic heterocycles. The van der Waals surface area contributed by atoms with Crippen LogP contribution in [0.5, 0.6) is 5.75 Å². The number of hydrogen-bond acceptors (Lipinski definition) is 4. The van der Waals surface area contributed by atoms with E-state index in [9.17, 15) is 0 Å². The van der Waals surface area contributed by atoms with Crippen LogP contribution in [0.1, 0.15) is 37.8 Å². The van der Waals surface area contributed by atoms with Gasteiger partial charge in [0.25, 0.3) is 0 Å². The van der Waals surface area contributed by atoms with E-state index in [0.717, 1.165) is 76.1 Å². The number of aryl methyl sites for hydroxylation is 1. The molecule has 1 aromatic carbocycles. The van der Waals surface area contributed by atoms with Crippen LogP contribution in [0, 0.1) is 12.8 Å². The van der Waals surface area contributed by atoms with E-state index < -0.39 is 0 Å². The minimum Gasteiger partial charge on any atom is -0.493 e. The van der Waals surface area contributed by atoms with E-state index in [-0.39, 0.29) is 0 Å². The molecule has 2 N–H and O–H groups in total. The lowest BCUT2D eigenvalue weighted by atomic mass is 10.1. The van der Waals surface area contributed by atoms with Crippen molar-refractivity contribution in [2.75, 3.05) is 53.0 Å². The first kappa shape index (κ1) is 22.5. The fraction of sp³-hybridized carbons (Fsp3) is 0.682. The molecule has 6 nitrogen and oxygen atoms in total. The van der Waals surface area contributed by atoms with Crippen molar-refractivity contribution in [3.63, 3.8) is 0 Å². The number of guanidine groups is 1. The summed E-state index contributed by atoms with van der Waals surface area (Å²) in [4.78, 5) is 6.77.